The third-order valence-corrected chi connectivity index (χ3v) is 8.67. The van der Waals surface area contributed by atoms with Gasteiger partial charge in [0, 0.05) is 39.1 Å². The molecule has 11 heteroatoms. The maximum atomic E-state index is 14.1. The predicted molar refractivity (Wildman–Crippen MR) is 120 cm³/mol. The first-order valence-electron chi connectivity index (χ1n) is 9.69. The zero-order valence-corrected chi connectivity index (χ0v) is 19.2. The van der Waals surface area contributed by atoms with Gasteiger partial charge in [-0.3, -0.25) is 4.79 Å². The Balaban J connectivity index is 1.65. The molecule has 0 aromatic heterocycles. The molecule has 1 fully saturated rings. The molecule has 5 nitrogen and oxygen atoms in total. The van der Waals surface area contributed by atoms with E-state index in [1.54, 1.807) is 13.0 Å². The standard InChI is InChI=1S/C21H19Cl2F3N2O3S/c1-12-7-13(3-4-17(12)19(29)28-32(30)5-2-6-32)18-11-20(31-27-18,21(24,25)26)14-8-15(22)10-16(23)9-14/h3-4,7-10,32H,2,5-6,11H2,1H3,(H,28,29,30). The summed E-state index contributed by atoms with van der Waals surface area (Å²) in [4.78, 5) is 17.5. The Bertz CT molecular complexity index is 1170. The Hall–Kier alpha value is -1.94. The van der Waals surface area contributed by atoms with Crippen molar-refractivity contribution < 1.29 is 27.4 Å². The van der Waals surface area contributed by atoms with E-state index in [9.17, 15) is 22.5 Å². The van der Waals surface area contributed by atoms with Crippen LogP contribution in [0, 0.1) is 6.92 Å². The lowest BCUT2D eigenvalue weighted by molar-refractivity contribution is -0.275. The molecule has 2 aromatic carbocycles. The average molecular weight is 507 g/mol. The second kappa shape index (κ2) is 8.13. The number of carbonyl (C=O) groups is 1. The molecule has 4 rings (SSSR count). The monoisotopic (exact) mass is 506 g/mol. The first-order chi connectivity index (χ1) is 14.9. The fourth-order valence-corrected chi connectivity index (χ4v) is 5.75. The summed E-state index contributed by atoms with van der Waals surface area (Å²) >= 11 is 11.8. The van der Waals surface area contributed by atoms with Crippen LogP contribution >= 0.6 is 23.2 Å². The summed E-state index contributed by atoms with van der Waals surface area (Å²) in [5, 5.41) is 3.82. The van der Waals surface area contributed by atoms with Gasteiger partial charge in [0.15, 0.2) is 0 Å². The van der Waals surface area contributed by atoms with Crippen molar-refractivity contribution in [2.45, 2.75) is 31.5 Å². The Kier molecular flexibility index (Phi) is 5.90. The van der Waals surface area contributed by atoms with Gasteiger partial charge in [0.05, 0.1) is 5.71 Å². The van der Waals surface area contributed by atoms with Crippen molar-refractivity contribution in [1.82, 2.24) is 0 Å². The molecule has 1 amide bonds. The Labute approximate surface area is 193 Å². The highest BCUT2D eigenvalue weighted by molar-refractivity contribution is 8.01. The first kappa shape index (κ1) is 23.2. The van der Waals surface area contributed by atoms with Gasteiger partial charge < -0.3 is 9.39 Å². The van der Waals surface area contributed by atoms with Crippen LogP contribution in [-0.4, -0.2) is 33.9 Å². The number of nitrogens with zero attached hydrogens (tertiary/aromatic N) is 2. The van der Waals surface area contributed by atoms with Crippen molar-refractivity contribution in [3.05, 3.63) is 68.7 Å². The maximum absolute atomic E-state index is 14.1. The molecule has 2 aliphatic rings. The van der Waals surface area contributed by atoms with Crippen molar-refractivity contribution in [2.75, 3.05) is 11.5 Å². The molecule has 1 unspecified atom stereocenters. The predicted octanol–water partition coefficient (Wildman–Crippen LogP) is 5.97. The van der Waals surface area contributed by atoms with Crippen molar-refractivity contribution in [2.24, 2.45) is 9.52 Å². The van der Waals surface area contributed by atoms with Crippen LogP contribution in [0.3, 0.4) is 0 Å². The highest BCUT2D eigenvalue weighted by Gasteiger charge is 2.62. The van der Waals surface area contributed by atoms with Crippen molar-refractivity contribution >= 4 is 44.9 Å². The minimum absolute atomic E-state index is 0.0478. The van der Waals surface area contributed by atoms with E-state index in [-0.39, 0.29) is 26.9 Å². The van der Waals surface area contributed by atoms with Crippen LogP contribution in [0.1, 0.15) is 39.9 Å². The van der Waals surface area contributed by atoms with Gasteiger partial charge in [0.25, 0.3) is 11.5 Å². The number of rotatable bonds is 3. The van der Waals surface area contributed by atoms with Crippen LogP contribution in [-0.2, 0) is 20.5 Å². The summed E-state index contributed by atoms with van der Waals surface area (Å²) in [6, 6.07) is 8.18. The average Bonchev–Trinajstić information content (AvgIpc) is 3.12. The van der Waals surface area contributed by atoms with Gasteiger partial charge in [0.1, 0.15) is 0 Å². The zero-order valence-electron chi connectivity index (χ0n) is 16.8. The summed E-state index contributed by atoms with van der Waals surface area (Å²) in [6.45, 7) is 1.65. The van der Waals surface area contributed by atoms with Gasteiger partial charge in [-0.25, -0.2) is 0 Å². The van der Waals surface area contributed by atoms with E-state index < -0.39 is 34.2 Å². The summed E-state index contributed by atoms with van der Waals surface area (Å²) in [7, 11) is -2.51. The van der Waals surface area contributed by atoms with Gasteiger partial charge in [-0.2, -0.15) is 17.5 Å². The quantitative estimate of drug-likeness (QED) is 0.503. The van der Waals surface area contributed by atoms with Crippen LogP contribution in [0.2, 0.25) is 10.0 Å². The Morgan fingerprint density at radius 1 is 1.19 bits per heavy atom. The van der Waals surface area contributed by atoms with Gasteiger partial charge in [-0.1, -0.05) is 34.4 Å². The van der Waals surface area contributed by atoms with Gasteiger partial charge in [-0.15, -0.1) is 10.1 Å². The highest BCUT2D eigenvalue weighted by Crippen LogP contribution is 2.49. The fourth-order valence-electron chi connectivity index (χ4n) is 3.69. The van der Waals surface area contributed by atoms with Crippen LogP contribution in [0.5, 0.6) is 0 Å². The number of thiol groups is 1. The van der Waals surface area contributed by atoms with Crippen molar-refractivity contribution in [3.8, 4) is 0 Å². The smallest absolute Gasteiger partial charge is 0.374 e. The maximum Gasteiger partial charge on any atom is 0.435 e. The van der Waals surface area contributed by atoms with Crippen molar-refractivity contribution in [1.29, 1.82) is 0 Å². The topological polar surface area (TPSA) is 71.2 Å². The third kappa shape index (κ3) is 4.19. The fraction of sp³-hybridized carbons (Fsp3) is 0.333. The van der Waals surface area contributed by atoms with Crippen LogP contribution in [0.15, 0.2) is 45.9 Å². The van der Waals surface area contributed by atoms with E-state index in [1.807, 2.05) is 0 Å². The largest absolute Gasteiger partial charge is 0.435 e. The molecule has 1 saturated heterocycles. The van der Waals surface area contributed by atoms with E-state index in [1.165, 1.54) is 18.2 Å². The van der Waals surface area contributed by atoms with E-state index in [0.717, 1.165) is 18.6 Å². The SMILES string of the molecule is Cc1cc(C2=NOC(c3cc(Cl)cc(Cl)c3)(C(F)(F)F)C2)ccc1C(=O)N=[SH]1(O)CCC1. The molecule has 0 bridgehead atoms. The number of alkyl halides is 3. The molecular weight excluding hydrogens is 488 g/mol. The summed E-state index contributed by atoms with van der Waals surface area (Å²) < 4.78 is 56.6. The van der Waals surface area contributed by atoms with Crippen LogP contribution < -0.4 is 0 Å². The molecule has 32 heavy (non-hydrogen) atoms. The molecule has 172 valence electrons. The lowest BCUT2D eigenvalue weighted by Crippen LogP contribution is -2.42. The summed E-state index contributed by atoms with van der Waals surface area (Å²) in [5.41, 5.74) is -1.72. The highest BCUT2D eigenvalue weighted by atomic mass is 35.5. The normalized spacial score (nSPS) is 23.0. The number of halogens is 5. The lowest BCUT2D eigenvalue weighted by Gasteiger charge is -2.31. The number of oxime groups is 1. The summed E-state index contributed by atoms with van der Waals surface area (Å²) in [6.07, 6.45) is -4.54. The number of hydrogen-bond donors (Lipinski definition) is 2. The molecule has 0 spiro atoms. The molecule has 0 radical (unpaired) electrons. The molecular formula is C21H19Cl2F3N2O3S. The second-order valence-corrected chi connectivity index (χ2v) is 11.6. The number of hydrogen-bond acceptors (Lipinski definition) is 3. The molecule has 0 aliphatic carbocycles. The van der Waals surface area contributed by atoms with Crippen molar-refractivity contribution in [3.63, 3.8) is 0 Å². The number of carbonyl (C=O) groups excluding carboxylic acids is 1. The molecule has 2 aliphatic heterocycles. The van der Waals surface area contributed by atoms with Crippen LogP contribution in [0.25, 0.3) is 0 Å². The number of aryl methyl sites for hydroxylation is 1. The second-order valence-electron chi connectivity index (χ2n) is 7.90. The van der Waals surface area contributed by atoms with Gasteiger partial charge in [0.2, 0.25) is 0 Å². The van der Waals surface area contributed by atoms with E-state index in [0.29, 0.717) is 22.6 Å². The zero-order chi connectivity index (χ0) is 23.3. The minimum atomic E-state index is -4.79. The molecule has 1 atom stereocenters. The summed E-state index contributed by atoms with van der Waals surface area (Å²) in [5.74, 6) is 0.557. The van der Waals surface area contributed by atoms with E-state index in [4.69, 9.17) is 28.0 Å². The number of amides is 1. The minimum Gasteiger partial charge on any atom is -0.374 e. The van der Waals surface area contributed by atoms with E-state index in [2.05, 4.69) is 9.52 Å². The lowest BCUT2D eigenvalue weighted by atomic mass is 9.86. The number of benzene rings is 2. The van der Waals surface area contributed by atoms with Gasteiger partial charge >= 0.3 is 6.18 Å². The first-order valence-corrected chi connectivity index (χ1v) is 12.5. The molecule has 2 heterocycles. The van der Waals surface area contributed by atoms with Gasteiger partial charge in [-0.05, 0) is 54.8 Å². The Morgan fingerprint density at radius 3 is 2.38 bits per heavy atom. The van der Waals surface area contributed by atoms with Crippen LogP contribution in [0.4, 0.5) is 13.2 Å². The Morgan fingerprint density at radius 2 is 1.84 bits per heavy atom. The molecule has 1 N–H and O–H groups in total. The van der Waals surface area contributed by atoms with E-state index >= 15 is 0 Å². The molecule has 0 saturated carbocycles. The third-order valence-electron chi connectivity index (χ3n) is 5.61. The molecule has 2 aromatic rings.